The van der Waals surface area contributed by atoms with Crippen molar-refractivity contribution in [1.29, 1.82) is 0 Å². The molecule has 126 valence electrons. The minimum absolute atomic E-state index is 0.0617. The summed E-state index contributed by atoms with van der Waals surface area (Å²) in [5.74, 6) is 1.38. The number of ether oxygens (including phenoxy) is 1. The fourth-order valence-corrected chi connectivity index (χ4v) is 3.86. The van der Waals surface area contributed by atoms with Crippen molar-refractivity contribution in [3.05, 3.63) is 29.1 Å². The molecule has 1 atom stereocenters. The first-order valence-electron chi connectivity index (χ1n) is 8.66. The number of pyridine rings is 1. The second-order valence-electron chi connectivity index (χ2n) is 6.86. The Bertz CT molecular complexity index is 535. The number of urea groups is 1. The number of amides is 2. The zero-order chi connectivity index (χ0) is 16.2. The van der Waals surface area contributed by atoms with Gasteiger partial charge in [-0.2, -0.15) is 0 Å². The van der Waals surface area contributed by atoms with Crippen molar-refractivity contribution in [2.45, 2.75) is 39.7 Å². The molecule has 2 aliphatic rings. The molecule has 1 N–H and O–H groups in total. The quantitative estimate of drug-likeness (QED) is 0.932. The first-order chi connectivity index (χ1) is 11.1. The molecule has 0 bridgehead atoms. The van der Waals surface area contributed by atoms with Gasteiger partial charge in [0.25, 0.3) is 0 Å². The van der Waals surface area contributed by atoms with Crippen LogP contribution in [0.3, 0.4) is 0 Å². The lowest BCUT2D eigenvalue weighted by atomic mass is 9.85. The lowest BCUT2D eigenvalue weighted by molar-refractivity contribution is 0.0484. The number of hydrogen-bond acceptors (Lipinski definition) is 3. The van der Waals surface area contributed by atoms with Gasteiger partial charge >= 0.3 is 6.03 Å². The number of rotatable bonds is 3. The number of aryl methyl sites for hydroxylation is 2. The monoisotopic (exact) mass is 317 g/mol. The lowest BCUT2D eigenvalue weighted by Gasteiger charge is -2.27. The van der Waals surface area contributed by atoms with Gasteiger partial charge in [0.1, 0.15) is 0 Å². The van der Waals surface area contributed by atoms with Crippen LogP contribution in [0.1, 0.15) is 36.2 Å². The van der Waals surface area contributed by atoms with Crippen LogP contribution in [0.5, 0.6) is 0 Å². The van der Waals surface area contributed by atoms with E-state index in [-0.39, 0.29) is 6.03 Å². The topological polar surface area (TPSA) is 54.5 Å². The summed E-state index contributed by atoms with van der Waals surface area (Å²) in [7, 11) is 0. The van der Waals surface area contributed by atoms with E-state index in [0.717, 1.165) is 68.4 Å². The standard InChI is InChI=1S/C18H27N3O2/c1-13-9-15(10-14(2)20-13)11-19-18(22)21-6-3-17(12-21)16-4-7-23-8-5-16/h9-10,16-17H,3-8,11-12H2,1-2H3,(H,19,22). The molecule has 5 heteroatoms. The van der Waals surface area contributed by atoms with Gasteiger partial charge in [0.05, 0.1) is 0 Å². The number of nitrogens with one attached hydrogen (secondary N) is 1. The van der Waals surface area contributed by atoms with E-state index in [1.165, 1.54) is 0 Å². The summed E-state index contributed by atoms with van der Waals surface area (Å²) in [6.45, 7) is 8.07. The van der Waals surface area contributed by atoms with Gasteiger partial charge in [-0.15, -0.1) is 0 Å². The highest BCUT2D eigenvalue weighted by Gasteiger charge is 2.32. The first-order valence-corrected chi connectivity index (χ1v) is 8.66. The third-order valence-corrected chi connectivity index (χ3v) is 5.03. The van der Waals surface area contributed by atoms with E-state index in [4.69, 9.17) is 4.74 Å². The van der Waals surface area contributed by atoms with Gasteiger partial charge < -0.3 is 15.0 Å². The maximum Gasteiger partial charge on any atom is 0.317 e. The summed E-state index contributed by atoms with van der Waals surface area (Å²) >= 11 is 0. The van der Waals surface area contributed by atoms with Gasteiger partial charge in [-0.25, -0.2) is 4.79 Å². The second kappa shape index (κ2) is 7.30. The maximum atomic E-state index is 12.4. The maximum absolute atomic E-state index is 12.4. The Hall–Kier alpha value is -1.62. The molecule has 0 spiro atoms. The largest absolute Gasteiger partial charge is 0.381 e. The van der Waals surface area contributed by atoms with Crippen LogP contribution < -0.4 is 5.32 Å². The normalized spacial score (nSPS) is 22.3. The van der Waals surface area contributed by atoms with E-state index in [0.29, 0.717) is 12.5 Å². The first kappa shape index (κ1) is 16.2. The highest BCUT2D eigenvalue weighted by molar-refractivity contribution is 5.74. The van der Waals surface area contributed by atoms with Crippen molar-refractivity contribution in [2.24, 2.45) is 11.8 Å². The van der Waals surface area contributed by atoms with Crippen molar-refractivity contribution in [1.82, 2.24) is 15.2 Å². The van der Waals surface area contributed by atoms with Crippen LogP contribution in [0, 0.1) is 25.7 Å². The number of aromatic nitrogens is 1. The minimum atomic E-state index is 0.0617. The Kier molecular flexibility index (Phi) is 5.16. The van der Waals surface area contributed by atoms with Crippen LogP contribution in [0.2, 0.25) is 0 Å². The average Bonchev–Trinajstić information content (AvgIpc) is 3.03. The van der Waals surface area contributed by atoms with Gasteiger partial charge in [0.2, 0.25) is 0 Å². The smallest absolute Gasteiger partial charge is 0.317 e. The zero-order valence-electron chi connectivity index (χ0n) is 14.2. The summed E-state index contributed by atoms with van der Waals surface area (Å²) in [5, 5.41) is 3.05. The Balaban J connectivity index is 1.49. The van der Waals surface area contributed by atoms with E-state index in [2.05, 4.69) is 10.3 Å². The van der Waals surface area contributed by atoms with Crippen LogP contribution in [-0.4, -0.2) is 42.2 Å². The molecule has 5 nitrogen and oxygen atoms in total. The Morgan fingerprint density at radius 3 is 2.61 bits per heavy atom. The predicted octanol–water partition coefficient (Wildman–Crippen LogP) is 2.66. The molecule has 0 saturated carbocycles. The molecule has 3 rings (SSSR count). The fourth-order valence-electron chi connectivity index (χ4n) is 3.86. The summed E-state index contributed by atoms with van der Waals surface area (Å²) in [6.07, 6.45) is 3.43. The third-order valence-electron chi connectivity index (χ3n) is 5.03. The fraction of sp³-hybridized carbons (Fsp3) is 0.667. The Morgan fingerprint density at radius 1 is 1.22 bits per heavy atom. The molecule has 0 aliphatic carbocycles. The molecular formula is C18H27N3O2. The molecule has 23 heavy (non-hydrogen) atoms. The summed E-state index contributed by atoms with van der Waals surface area (Å²) in [5.41, 5.74) is 3.11. The predicted molar refractivity (Wildman–Crippen MR) is 89.2 cm³/mol. The summed E-state index contributed by atoms with van der Waals surface area (Å²) < 4.78 is 5.44. The molecule has 2 amide bonds. The lowest BCUT2D eigenvalue weighted by Crippen LogP contribution is -2.38. The van der Waals surface area contributed by atoms with E-state index >= 15 is 0 Å². The molecular weight excluding hydrogens is 290 g/mol. The van der Waals surface area contributed by atoms with Crippen LogP contribution in [-0.2, 0) is 11.3 Å². The number of carbonyl (C=O) groups is 1. The minimum Gasteiger partial charge on any atom is -0.381 e. The van der Waals surface area contributed by atoms with Crippen molar-refractivity contribution in [3.8, 4) is 0 Å². The van der Waals surface area contributed by atoms with Crippen LogP contribution in [0.4, 0.5) is 4.79 Å². The second-order valence-corrected chi connectivity index (χ2v) is 6.86. The molecule has 1 aromatic rings. The van der Waals surface area contributed by atoms with Crippen molar-refractivity contribution in [2.75, 3.05) is 26.3 Å². The molecule has 2 fully saturated rings. The molecule has 2 aliphatic heterocycles. The number of hydrogen-bond donors (Lipinski definition) is 1. The molecule has 0 aromatic carbocycles. The van der Waals surface area contributed by atoms with Crippen molar-refractivity contribution in [3.63, 3.8) is 0 Å². The van der Waals surface area contributed by atoms with Gasteiger partial charge in [-0.05, 0) is 62.6 Å². The van der Waals surface area contributed by atoms with Crippen LogP contribution in [0.25, 0.3) is 0 Å². The number of nitrogens with zero attached hydrogens (tertiary/aromatic N) is 2. The SMILES string of the molecule is Cc1cc(CNC(=O)N2CCC(C3CCOCC3)C2)cc(C)n1. The van der Waals surface area contributed by atoms with Gasteiger partial charge in [-0.3, -0.25) is 4.98 Å². The van der Waals surface area contributed by atoms with Crippen molar-refractivity contribution < 1.29 is 9.53 Å². The number of likely N-dealkylation sites (tertiary alicyclic amines) is 1. The zero-order valence-corrected chi connectivity index (χ0v) is 14.2. The molecule has 1 aromatic heterocycles. The van der Waals surface area contributed by atoms with Crippen LogP contribution >= 0.6 is 0 Å². The van der Waals surface area contributed by atoms with E-state index < -0.39 is 0 Å². The number of carbonyl (C=O) groups excluding carboxylic acids is 1. The van der Waals surface area contributed by atoms with E-state index in [9.17, 15) is 4.79 Å². The van der Waals surface area contributed by atoms with Crippen molar-refractivity contribution >= 4 is 6.03 Å². The Morgan fingerprint density at radius 2 is 1.91 bits per heavy atom. The van der Waals surface area contributed by atoms with Crippen LogP contribution in [0.15, 0.2) is 12.1 Å². The highest BCUT2D eigenvalue weighted by atomic mass is 16.5. The van der Waals surface area contributed by atoms with Gasteiger partial charge in [0.15, 0.2) is 0 Å². The van der Waals surface area contributed by atoms with E-state index in [1.54, 1.807) is 0 Å². The highest BCUT2D eigenvalue weighted by Crippen LogP contribution is 2.31. The molecule has 1 unspecified atom stereocenters. The van der Waals surface area contributed by atoms with Gasteiger partial charge in [0, 0.05) is 44.2 Å². The Labute approximate surface area is 138 Å². The third kappa shape index (κ3) is 4.22. The molecule has 0 radical (unpaired) electrons. The summed E-state index contributed by atoms with van der Waals surface area (Å²) in [4.78, 5) is 18.7. The van der Waals surface area contributed by atoms with E-state index in [1.807, 2.05) is 30.9 Å². The molecule has 3 heterocycles. The summed E-state index contributed by atoms with van der Waals surface area (Å²) in [6, 6.07) is 4.12. The molecule has 2 saturated heterocycles. The van der Waals surface area contributed by atoms with Gasteiger partial charge in [-0.1, -0.05) is 0 Å². The average molecular weight is 317 g/mol.